The molecule has 0 N–H and O–H groups in total. The van der Waals surface area contributed by atoms with Crippen molar-refractivity contribution in [1.82, 2.24) is 14.9 Å². The van der Waals surface area contributed by atoms with Crippen molar-refractivity contribution in [3.05, 3.63) is 42.3 Å². The summed E-state index contributed by atoms with van der Waals surface area (Å²) in [5.74, 6) is 0.389. The highest BCUT2D eigenvalue weighted by molar-refractivity contribution is 5.77. The zero-order chi connectivity index (χ0) is 18.4. The number of carbonyl (C=O) groups is 1. The number of nitrogens with zero attached hydrogens (tertiary/aromatic N) is 3. The lowest BCUT2D eigenvalue weighted by Gasteiger charge is -2.32. The maximum absolute atomic E-state index is 12.9. The predicted octanol–water partition coefficient (Wildman–Crippen LogP) is 2.07. The molecule has 1 aliphatic heterocycles. The maximum Gasteiger partial charge on any atom is 0.319 e. The molecule has 0 bridgehead atoms. The van der Waals surface area contributed by atoms with Crippen molar-refractivity contribution in [3.63, 3.8) is 0 Å². The number of benzene rings is 1. The van der Waals surface area contributed by atoms with Gasteiger partial charge in [0.05, 0.1) is 13.7 Å². The summed E-state index contributed by atoms with van der Waals surface area (Å²) in [6.45, 7) is 1.01. The molecule has 2 heterocycles. The van der Waals surface area contributed by atoms with E-state index >= 15 is 0 Å². The quantitative estimate of drug-likeness (QED) is 0.784. The lowest BCUT2D eigenvalue weighted by molar-refractivity contribution is -0.136. The molecule has 1 unspecified atom stereocenters. The van der Waals surface area contributed by atoms with E-state index in [2.05, 4.69) is 9.97 Å². The molecule has 0 saturated carbocycles. The van der Waals surface area contributed by atoms with E-state index in [1.54, 1.807) is 17.2 Å². The van der Waals surface area contributed by atoms with E-state index in [-0.39, 0.29) is 30.4 Å². The van der Waals surface area contributed by atoms with Gasteiger partial charge < -0.3 is 19.1 Å². The van der Waals surface area contributed by atoms with Gasteiger partial charge in [-0.2, -0.15) is 4.98 Å². The fourth-order valence-corrected chi connectivity index (χ4v) is 2.69. The van der Waals surface area contributed by atoms with E-state index in [0.717, 1.165) is 12.8 Å². The topological polar surface area (TPSA) is 73.8 Å². The minimum Gasteiger partial charge on any atom is -0.484 e. The summed E-state index contributed by atoms with van der Waals surface area (Å²) in [4.78, 5) is 22.1. The van der Waals surface area contributed by atoms with Crippen LogP contribution in [0.1, 0.15) is 12.8 Å². The minimum atomic E-state index is -0.346. The number of methoxy groups -OCH3 is 1. The van der Waals surface area contributed by atoms with Crippen LogP contribution in [0.4, 0.5) is 4.39 Å². The van der Waals surface area contributed by atoms with Crippen LogP contribution in [0.2, 0.25) is 0 Å². The Morgan fingerprint density at radius 3 is 2.88 bits per heavy atom. The maximum atomic E-state index is 12.9. The Morgan fingerprint density at radius 2 is 2.12 bits per heavy atom. The number of amides is 1. The number of carbonyl (C=O) groups excluding carboxylic acids is 1. The predicted molar refractivity (Wildman–Crippen MR) is 90.7 cm³/mol. The first-order valence-electron chi connectivity index (χ1n) is 8.34. The van der Waals surface area contributed by atoms with Crippen molar-refractivity contribution < 1.29 is 23.4 Å². The first-order valence-corrected chi connectivity index (χ1v) is 8.34. The highest BCUT2D eigenvalue weighted by Crippen LogP contribution is 2.18. The molecule has 1 saturated heterocycles. The van der Waals surface area contributed by atoms with E-state index in [4.69, 9.17) is 14.2 Å². The molecule has 1 aromatic carbocycles. The average molecular weight is 361 g/mol. The summed E-state index contributed by atoms with van der Waals surface area (Å²) in [6.07, 6.45) is 3.06. The first kappa shape index (κ1) is 17.9. The molecule has 8 heteroatoms. The normalized spacial score (nSPS) is 16.8. The number of hydrogen-bond acceptors (Lipinski definition) is 6. The van der Waals surface area contributed by atoms with E-state index in [0.29, 0.717) is 24.7 Å². The smallest absolute Gasteiger partial charge is 0.319 e. The Bertz CT molecular complexity index is 741. The summed E-state index contributed by atoms with van der Waals surface area (Å²) in [5, 5.41) is 0. The molecule has 0 aliphatic carbocycles. The molecule has 3 rings (SSSR count). The van der Waals surface area contributed by atoms with Gasteiger partial charge in [0.1, 0.15) is 17.7 Å². The van der Waals surface area contributed by atoms with Crippen molar-refractivity contribution in [2.24, 2.45) is 0 Å². The zero-order valence-corrected chi connectivity index (χ0v) is 14.4. The third kappa shape index (κ3) is 4.81. The van der Waals surface area contributed by atoms with Crippen LogP contribution < -0.4 is 14.2 Å². The van der Waals surface area contributed by atoms with Crippen molar-refractivity contribution in [2.45, 2.75) is 18.9 Å². The Hall–Kier alpha value is -2.90. The second-order valence-electron chi connectivity index (χ2n) is 5.85. The second-order valence-corrected chi connectivity index (χ2v) is 5.85. The fraction of sp³-hybridized carbons (Fsp3) is 0.389. The Kier molecular flexibility index (Phi) is 5.83. The zero-order valence-electron chi connectivity index (χ0n) is 14.4. The van der Waals surface area contributed by atoms with Gasteiger partial charge in [-0.3, -0.25) is 4.79 Å². The van der Waals surface area contributed by atoms with Crippen molar-refractivity contribution in [3.8, 4) is 17.6 Å². The molecule has 138 valence electrons. The number of aromatic nitrogens is 2. The SMILES string of the molecule is COc1nccc(OC2CCCN(C(=O)COc3ccc(F)cc3)C2)n1. The average Bonchev–Trinajstić information content (AvgIpc) is 2.67. The molecule has 1 aliphatic rings. The van der Waals surface area contributed by atoms with Crippen LogP contribution in [-0.4, -0.2) is 53.7 Å². The summed E-state index contributed by atoms with van der Waals surface area (Å²) < 4.78 is 29.1. The molecular formula is C18H20FN3O4. The third-order valence-electron chi connectivity index (χ3n) is 3.98. The van der Waals surface area contributed by atoms with E-state index in [9.17, 15) is 9.18 Å². The number of rotatable bonds is 6. The molecule has 26 heavy (non-hydrogen) atoms. The van der Waals surface area contributed by atoms with Crippen LogP contribution >= 0.6 is 0 Å². The number of hydrogen-bond donors (Lipinski definition) is 0. The van der Waals surface area contributed by atoms with Gasteiger partial charge in [0.25, 0.3) is 5.91 Å². The number of halogens is 1. The van der Waals surface area contributed by atoms with Gasteiger partial charge >= 0.3 is 6.01 Å². The Labute approximate surface area is 150 Å². The molecule has 0 spiro atoms. The molecular weight excluding hydrogens is 341 g/mol. The highest BCUT2D eigenvalue weighted by atomic mass is 19.1. The van der Waals surface area contributed by atoms with Crippen molar-refractivity contribution in [1.29, 1.82) is 0 Å². The summed E-state index contributed by atoms with van der Waals surface area (Å²) in [7, 11) is 1.49. The van der Waals surface area contributed by atoms with Gasteiger partial charge in [0.15, 0.2) is 6.61 Å². The third-order valence-corrected chi connectivity index (χ3v) is 3.98. The molecule has 0 radical (unpaired) electrons. The monoisotopic (exact) mass is 361 g/mol. The van der Waals surface area contributed by atoms with Gasteiger partial charge in [-0.05, 0) is 37.1 Å². The van der Waals surface area contributed by atoms with Gasteiger partial charge in [-0.15, -0.1) is 0 Å². The summed E-state index contributed by atoms with van der Waals surface area (Å²) in [6, 6.07) is 7.46. The molecule has 1 aromatic heterocycles. The van der Waals surface area contributed by atoms with E-state index in [1.165, 1.54) is 31.4 Å². The van der Waals surface area contributed by atoms with Crippen LogP contribution in [0.3, 0.4) is 0 Å². The molecule has 7 nitrogen and oxygen atoms in total. The summed E-state index contributed by atoms with van der Waals surface area (Å²) in [5.41, 5.74) is 0. The van der Waals surface area contributed by atoms with Gasteiger partial charge in [0.2, 0.25) is 5.88 Å². The van der Waals surface area contributed by atoms with E-state index in [1.807, 2.05) is 0 Å². The number of ether oxygens (including phenoxy) is 3. The van der Waals surface area contributed by atoms with E-state index < -0.39 is 0 Å². The molecule has 1 fully saturated rings. The summed E-state index contributed by atoms with van der Waals surface area (Å²) >= 11 is 0. The van der Waals surface area contributed by atoms with Gasteiger partial charge in [0, 0.05) is 18.8 Å². The number of piperidine rings is 1. The Balaban J connectivity index is 1.52. The minimum absolute atomic E-state index is 0.0975. The first-order chi connectivity index (χ1) is 12.6. The standard InChI is InChI=1S/C18H20FN3O4/c1-24-18-20-9-8-16(21-18)26-15-3-2-10-22(11-15)17(23)12-25-14-6-4-13(19)5-7-14/h4-9,15H,2-3,10-12H2,1H3. The molecule has 2 aromatic rings. The van der Waals surface area contributed by atoms with Crippen LogP contribution in [0, 0.1) is 5.82 Å². The van der Waals surface area contributed by atoms with Crippen molar-refractivity contribution in [2.75, 3.05) is 26.8 Å². The van der Waals surface area contributed by atoms with Gasteiger partial charge in [-0.1, -0.05) is 0 Å². The van der Waals surface area contributed by atoms with Crippen LogP contribution in [-0.2, 0) is 4.79 Å². The fourth-order valence-electron chi connectivity index (χ4n) is 2.69. The second kappa shape index (κ2) is 8.46. The van der Waals surface area contributed by atoms with Crippen LogP contribution in [0.5, 0.6) is 17.6 Å². The van der Waals surface area contributed by atoms with Crippen LogP contribution in [0.15, 0.2) is 36.5 Å². The highest BCUT2D eigenvalue weighted by Gasteiger charge is 2.25. The number of likely N-dealkylation sites (tertiary alicyclic amines) is 1. The Morgan fingerprint density at radius 1 is 1.31 bits per heavy atom. The van der Waals surface area contributed by atoms with Gasteiger partial charge in [-0.25, -0.2) is 9.37 Å². The van der Waals surface area contributed by atoms with Crippen molar-refractivity contribution >= 4 is 5.91 Å². The molecule has 1 amide bonds. The van der Waals surface area contributed by atoms with Crippen LogP contribution in [0.25, 0.3) is 0 Å². The lowest BCUT2D eigenvalue weighted by Crippen LogP contribution is -2.46. The largest absolute Gasteiger partial charge is 0.484 e. The molecule has 1 atom stereocenters. The lowest BCUT2D eigenvalue weighted by atomic mass is 10.1.